The van der Waals surface area contributed by atoms with Crippen molar-refractivity contribution in [2.24, 2.45) is 4.99 Å². The average Bonchev–Trinajstić information content (AvgIpc) is 3.58. The Kier molecular flexibility index (Phi) is 5.56. The van der Waals surface area contributed by atoms with E-state index < -0.39 is 0 Å². The standard InChI is InChI=1S/C23H30ClN5O2/c1-2-23(31)29-13-17(14-29)26-7-9-27(10-8-26)22-15-28(6-5-25-22)20-11-18(16-3-4-16)19(24)12-21(20)30/h2,11-12,16-17,30H,1,3-10,13-15H2. The van der Waals surface area contributed by atoms with Crippen LogP contribution in [0.3, 0.4) is 0 Å². The molecule has 4 aliphatic rings. The van der Waals surface area contributed by atoms with E-state index in [1.165, 1.54) is 18.9 Å². The number of nitrogens with zero attached hydrogens (tertiary/aromatic N) is 5. The molecule has 1 N–H and O–H groups in total. The summed E-state index contributed by atoms with van der Waals surface area (Å²) in [5.41, 5.74) is 2.04. The number of amides is 1. The first-order valence-corrected chi connectivity index (χ1v) is 11.6. The van der Waals surface area contributed by atoms with Crippen LogP contribution >= 0.6 is 11.6 Å². The number of anilines is 1. The quantitative estimate of drug-likeness (QED) is 0.722. The Hall–Kier alpha value is -2.25. The van der Waals surface area contributed by atoms with E-state index in [9.17, 15) is 9.90 Å². The van der Waals surface area contributed by atoms with Crippen molar-refractivity contribution in [3.63, 3.8) is 0 Å². The lowest BCUT2D eigenvalue weighted by Gasteiger charge is -2.48. The molecule has 0 atom stereocenters. The van der Waals surface area contributed by atoms with Gasteiger partial charge in [-0.1, -0.05) is 18.2 Å². The summed E-state index contributed by atoms with van der Waals surface area (Å²) in [5, 5.41) is 11.2. The highest BCUT2D eigenvalue weighted by Crippen LogP contribution is 2.46. The zero-order valence-electron chi connectivity index (χ0n) is 17.8. The number of hydrogen-bond donors (Lipinski definition) is 1. The van der Waals surface area contributed by atoms with Crippen LogP contribution in [0.4, 0.5) is 5.69 Å². The molecule has 2 saturated heterocycles. The Labute approximate surface area is 188 Å². The van der Waals surface area contributed by atoms with Crippen molar-refractivity contribution in [2.45, 2.75) is 24.8 Å². The first-order chi connectivity index (χ1) is 15.0. The fourth-order valence-corrected chi connectivity index (χ4v) is 5.19. The lowest BCUT2D eigenvalue weighted by Crippen LogP contribution is -2.64. The van der Waals surface area contributed by atoms with Crippen LogP contribution in [0, 0.1) is 0 Å². The molecule has 7 nitrogen and oxygen atoms in total. The molecule has 1 saturated carbocycles. The maximum atomic E-state index is 11.7. The number of aromatic hydroxyl groups is 1. The smallest absolute Gasteiger partial charge is 0.246 e. The van der Waals surface area contributed by atoms with Crippen LogP contribution in [0.5, 0.6) is 5.75 Å². The molecule has 0 aromatic heterocycles. The molecule has 0 radical (unpaired) electrons. The normalized spacial score (nSPS) is 22.9. The lowest BCUT2D eigenvalue weighted by atomic mass is 10.1. The van der Waals surface area contributed by atoms with E-state index in [1.54, 1.807) is 6.07 Å². The highest BCUT2D eigenvalue weighted by Gasteiger charge is 2.36. The molecule has 1 aliphatic carbocycles. The van der Waals surface area contributed by atoms with Crippen molar-refractivity contribution in [1.82, 2.24) is 14.7 Å². The van der Waals surface area contributed by atoms with Crippen molar-refractivity contribution >= 4 is 29.0 Å². The van der Waals surface area contributed by atoms with E-state index in [0.717, 1.165) is 69.4 Å². The summed E-state index contributed by atoms with van der Waals surface area (Å²) in [5.74, 6) is 1.93. The molecule has 166 valence electrons. The summed E-state index contributed by atoms with van der Waals surface area (Å²) in [6.45, 7) is 11.3. The molecule has 0 unspecified atom stereocenters. The van der Waals surface area contributed by atoms with Gasteiger partial charge in [0.15, 0.2) is 0 Å². The zero-order valence-corrected chi connectivity index (χ0v) is 18.6. The van der Waals surface area contributed by atoms with E-state index in [2.05, 4.69) is 27.3 Å². The number of likely N-dealkylation sites (tertiary alicyclic amines) is 1. The van der Waals surface area contributed by atoms with Gasteiger partial charge >= 0.3 is 0 Å². The number of phenols is 1. The Morgan fingerprint density at radius 1 is 1.13 bits per heavy atom. The summed E-state index contributed by atoms with van der Waals surface area (Å²) >= 11 is 6.37. The number of carbonyl (C=O) groups is 1. The minimum Gasteiger partial charge on any atom is -0.506 e. The predicted molar refractivity (Wildman–Crippen MR) is 123 cm³/mol. The third kappa shape index (κ3) is 4.13. The van der Waals surface area contributed by atoms with Crippen molar-refractivity contribution in [3.8, 4) is 5.75 Å². The Morgan fingerprint density at radius 2 is 1.87 bits per heavy atom. The van der Waals surface area contributed by atoms with Crippen LogP contribution in [0.15, 0.2) is 29.8 Å². The maximum Gasteiger partial charge on any atom is 0.246 e. The fraction of sp³-hybridized carbons (Fsp3) is 0.565. The van der Waals surface area contributed by atoms with E-state index in [4.69, 9.17) is 16.6 Å². The second-order valence-corrected chi connectivity index (χ2v) is 9.39. The second kappa shape index (κ2) is 8.36. The van der Waals surface area contributed by atoms with Gasteiger partial charge in [0.05, 0.1) is 18.8 Å². The molecule has 3 aliphatic heterocycles. The first kappa shape index (κ1) is 20.6. The Balaban J connectivity index is 1.19. The Morgan fingerprint density at radius 3 is 2.55 bits per heavy atom. The van der Waals surface area contributed by atoms with Gasteiger partial charge in [0, 0.05) is 62.9 Å². The van der Waals surface area contributed by atoms with Crippen molar-refractivity contribution in [3.05, 3.63) is 35.4 Å². The van der Waals surface area contributed by atoms with Gasteiger partial charge in [-0.2, -0.15) is 0 Å². The lowest BCUT2D eigenvalue weighted by molar-refractivity contribution is -0.133. The molecule has 3 fully saturated rings. The number of carbonyl (C=O) groups excluding carboxylic acids is 1. The number of rotatable bonds is 4. The molecule has 31 heavy (non-hydrogen) atoms. The summed E-state index contributed by atoms with van der Waals surface area (Å²) in [4.78, 5) is 25.4. The minimum absolute atomic E-state index is 0.0295. The number of hydrogen-bond acceptors (Lipinski definition) is 6. The van der Waals surface area contributed by atoms with Crippen LogP contribution in [0.1, 0.15) is 24.3 Å². The van der Waals surface area contributed by atoms with Gasteiger partial charge in [-0.3, -0.25) is 14.7 Å². The molecule has 1 aromatic rings. The van der Waals surface area contributed by atoms with Gasteiger partial charge in [-0.05, 0) is 36.5 Å². The number of aliphatic imine (C=N–C) groups is 1. The number of amidine groups is 1. The van der Waals surface area contributed by atoms with Crippen LogP contribution in [0.25, 0.3) is 0 Å². The van der Waals surface area contributed by atoms with E-state index in [-0.39, 0.29) is 11.7 Å². The topological polar surface area (TPSA) is 62.6 Å². The number of piperazine rings is 1. The SMILES string of the molecule is C=CC(=O)N1CC(N2CCN(C3=NCCN(c4cc(C5CC5)c(Cl)cc4O)C3)CC2)C1. The third-order valence-electron chi connectivity index (χ3n) is 6.99. The van der Waals surface area contributed by atoms with Crippen LogP contribution in [-0.4, -0.2) is 96.5 Å². The highest BCUT2D eigenvalue weighted by molar-refractivity contribution is 6.31. The second-order valence-electron chi connectivity index (χ2n) is 8.98. The number of phenolic OH excluding ortho intramolecular Hbond substituents is 1. The van der Waals surface area contributed by atoms with Gasteiger partial charge in [-0.15, -0.1) is 0 Å². The monoisotopic (exact) mass is 443 g/mol. The first-order valence-electron chi connectivity index (χ1n) is 11.2. The average molecular weight is 444 g/mol. The molecule has 3 heterocycles. The van der Waals surface area contributed by atoms with Crippen LogP contribution in [0.2, 0.25) is 5.02 Å². The summed E-state index contributed by atoms with van der Waals surface area (Å²) in [6.07, 6.45) is 3.76. The number of benzene rings is 1. The van der Waals surface area contributed by atoms with Gasteiger partial charge in [0.2, 0.25) is 5.91 Å². The van der Waals surface area contributed by atoms with Gasteiger partial charge < -0.3 is 19.8 Å². The summed E-state index contributed by atoms with van der Waals surface area (Å²) in [7, 11) is 0. The minimum atomic E-state index is 0.0295. The summed E-state index contributed by atoms with van der Waals surface area (Å²) < 4.78 is 0. The van der Waals surface area contributed by atoms with Crippen molar-refractivity contribution < 1.29 is 9.90 Å². The van der Waals surface area contributed by atoms with Crippen molar-refractivity contribution in [2.75, 3.05) is 63.8 Å². The predicted octanol–water partition coefficient (Wildman–Crippen LogP) is 2.16. The largest absolute Gasteiger partial charge is 0.506 e. The molecule has 0 bridgehead atoms. The van der Waals surface area contributed by atoms with Crippen LogP contribution < -0.4 is 4.90 Å². The van der Waals surface area contributed by atoms with Gasteiger partial charge in [0.1, 0.15) is 11.6 Å². The van der Waals surface area contributed by atoms with Crippen LogP contribution in [-0.2, 0) is 4.79 Å². The maximum absolute atomic E-state index is 11.7. The van der Waals surface area contributed by atoms with E-state index in [0.29, 0.717) is 23.5 Å². The van der Waals surface area contributed by atoms with Gasteiger partial charge in [0.25, 0.3) is 0 Å². The highest BCUT2D eigenvalue weighted by atomic mass is 35.5. The molecule has 8 heteroatoms. The third-order valence-corrected chi connectivity index (χ3v) is 7.32. The molecule has 1 aromatic carbocycles. The molecule has 0 spiro atoms. The molecule has 5 rings (SSSR count). The van der Waals surface area contributed by atoms with Gasteiger partial charge in [-0.25, -0.2) is 0 Å². The molecular formula is C23H30ClN5O2. The molecular weight excluding hydrogens is 414 g/mol. The molecule has 1 amide bonds. The number of halogens is 1. The zero-order chi connectivity index (χ0) is 21.5. The van der Waals surface area contributed by atoms with E-state index in [1.807, 2.05) is 4.90 Å². The fourth-order valence-electron chi connectivity index (χ4n) is 4.87. The van der Waals surface area contributed by atoms with Crippen molar-refractivity contribution in [1.29, 1.82) is 0 Å². The van der Waals surface area contributed by atoms with E-state index >= 15 is 0 Å². The Bertz CT molecular complexity index is 901. The summed E-state index contributed by atoms with van der Waals surface area (Å²) in [6, 6.07) is 4.25.